The molecule has 9 nitrogen and oxygen atoms in total. The second-order valence-electron chi connectivity index (χ2n) is 8.39. The van der Waals surface area contributed by atoms with E-state index < -0.39 is 11.8 Å². The van der Waals surface area contributed by atoms with Crippen LogP contribution in [-0.4, -0.2) is 82.8 Å². The number of hydrogen-bond donors (Lipinski definition) is 1. The fraction of sp³-hybridized carbons (Fsp3) is 0.545. The molecule has 3 aliphatic heterocycles. The van der Waals surface area contributed by atoms with Gasteiger partial charge in [0, 0.05) is 58.9 Å². The summed E-state index contributed by atoms with van der Waals surface area (Å²) in [7, 11) is 0. The Labute approximate surface area is 181 Å². The molecule has 3 aliphatic rings. The minimum atomic E-state index is -0.953. The van der Waals surface area contributed by atoms with E-state index in [0.717, 1.165) is 0 Å². The van der Waals surface area contributed by atoms with Crippen LogP contribution in [0.4, 0.5) is 0 Å². The Morgan fingerprint density at radius 1 is 1.03 bits per heavy atom. The van der Waals surface area contributed by atoms with Crippen LogP contribution in [0.2, 0.25) is 0 Å². The van der Waals surface area contributed by atoms with Crippen LogP contribution in [-0.2, 0) is 14.4 Å². The first-order chi connectivity index (χ1) is 14.8. The Morgan fingerprint density at radius 3 is 2.42 bits per heavy atom. The van der Waals surface area contributed by atoms with E-state index in [1.54, 1.807) is 39.8 Å². The van der Waals surface area contributed by atoms with Crippen LogP contribution in [0.25, 0.3) is 0 Å². The van der Waals surface area contributed by atoms with E-state index in [1.165, 1.54) is 6.92 Å². The Bertz CT molecular complexity index is 911. The minimum Gasteiger partial charge on any atom is -0.467 e. The second-order valence-corrected chi connectivity index (χ2v) is 8.39. The molecule has 0 aliphatic carbocycles. The first-order valence-corrected chi connectivity index (χ1v) is 10.7. The Hall–Kier alpha value is -3.10. The van der Waals surface area contributed by atoms with Crippen molar-refractivity contribution in [2.75, 3.05) is 32.7 Å². The number of amides is 4. The van der Waals surface area contributed by atoms with Crippen LogP contribution < -0.4 is 10.1 Å². The number of nitrogens with zero attached hydrogens (tertiary/aromatic N) is 3. The Morgan fingerprint density at radius 2 is 1.71 bits per heavy atom. The van der Waals surface area contributed by atoms with Crippen LogP contribution >= 0.6 is 0 Å². The summed E-state index contributed by atoms with van der Waals surface area (Å²) in [5.74, 6) is 0.0577. The third-order valence-corrected chi connectivity index (χ3v) is 6.46. The molecule has 4 amide bonds. The van der Waals surface area contributed by atoms with Crippen LogP contribution in [0.1, 0.15) is 43.5 Å². The molecule has 2 atom stereocenters. The highest BCUT2D eigenvalue weighted by atomic mass is 16.5. The van der Waals surface area contributed by atoms with Crippen LogP contribution in [0, 0.1) is 0 Å². The van der Waals surface area contributed by atoms with E-state index in [-0.39, 0.29) is 30.0 Å². The SMILES string of the molecule is CC(=O)N1CCN(C(=O)C(C)N2CCC3(CCC2=O)NC(=O)c2ccccc2O3)CC1. The molecule has 166 valence electrons. The monoisotopic (exact) mass is 428 g/mol. The zero-order valence-electron chi connectivity index (χ0n) is 17.9. The molecule has 1 spiro atoms. The molecule has 4 rings (SSSR count). The molecular formula is C22H28N4O5. The number of rotatable bonds is 2. The van der Waals surface area contributed by atoms with Gasteiger partial charge in [0.2, 0.25) is 17.7 Å². The molecule has 2 saturated heterocycles. The van der Waals surface area contributed by atoms with E-state index in [1.807, 2.05) is 6.07 Å². The fourth-order valence-electron chi connectivity index (χ4n) is 4.53. The van der Waals surface area contributed by atoms with E-state index in [0.29, 0.717) is 56.9 Å². The lowest BCUT2D eigenvalue weighted by Gasteiger charge is -2.39. The van der Waals surface area contributed by atoms with Crippen molar-refractivity contribution >= 4 is 23.6 Å². The first-order valence-electron chi connectivity index (χ1n) is 10.7. The quantitative estimate of drug-likeness (QED) is 0.744. The van der Waals surface area contributed by atoms with Gasteiger partial charge in [-0.3, -0.25) is 19.2 Å². The smallest absolute Gasteiger partial charge is 0.258 e. The van der Waals surface area contributed by atoms with Gasteiger partial charge in [0.25, 0.3) is 5.91 Å². The maximum atomic E-state index is 13.0. The normalized spacial score (nSPS) is 24.8. The van der Waals surface area contributed by atoms with Crippen LogP contribution in [0.3, 0.4) is 0 Å². The Balaban J connectivity index is 1.43. The van der Waals surface area contributed by atoms with Gasteiger partial charge in [0.05, 0.1) is 5.56 Å². The third kappa shape index (κ3) is 4.08. The molecule has 2 unspecified atom stereocenters. The number of hydrogen-bond acceptors (Lipinski definition) is 5. The summed E-state index contributed by atoms with van der Waals surface area (Å²) >= 11 is 0. The number of carbonyl (C=O) groups is 4. The molecule has 0 radical (unpaired) electrons. The average molecular weight is 428 g/mol. The van der Waals surface area contributed by atoms with Crippen molar-refractivity contribution in [2.24, 2.45) is 0 Å². The van der Waals surface area contributed by atoms with Crippen molar-refractivity contribution in [3.8, 4) is 5.75 Å². The van der Waals surface area contributed by atoms with Gasteiger partial charge in [-0.1, -0.05) is 12.1 Å². The maximum Gasteiger partial charge on any atom is 0.258 e. The molecule has 1 aromatic carbocycles. The molecule has 3 heterocycles. The van der Waals surface area contributed by atoms with Crippen molar-refractivity contribution in [3.05, 3.63) is 29.8 Å². The van der Waals surface area contributed by atoms with Gasteiger partial charge >= 0.3 is 0 Å². The summed E-state index contributed by atoms with van der Waals surface area (Å²) in [6.45, 7) is 5.51. The Kier molecular flexibility index (Phi) is 5.60. The minimum absolute atomic E-state index is 0.00393. The maximum absolute atomic E-state index is 13.0. The van der Waals surface area contributed by atoms with E-state index >= 15 is 0 Å². The van der Waals surface area contributed by atoms with Gasteiger partial charge in [-0.05, 0) is 19.1 Å². The number of carbonyl (C=O) groups excluding carboxylic acids is 4. The lowest BCUT2D eigenvalue weighted by atomic mass is 10.0. The topological polar surface area (TPSA) is 99.3 Å². The fourth-order valence-corrected chi connectivity index (χ4v) is 4.53. The van der Waals surface area contributed by atoms with Gasteiger partial charge in [-0.25, -0.2) is 0 Å². The van der Waals surface area contributed by atoms with Crippen molar-refractivity contribution in [1.82, 2.24) is 20.0 Å². The predicted molar refractivity (Wildman–Crippen MR) is 111 cm³/mol. The molecule has 0 saturated carbocycles. The van der Waals surface area contributed by atoms with E-state index in [4.69, 9.17) is 4.74 Å². The number of likely N-dealkylation sites (tertiary alicyclic amines) is 1. The summed E-state index contributed by atoms with van der Waals surface area (Å²) in [6, 6.07) is 6.44. The second kappa shape index (κ2) is 8.20. The summed E-state index contributed by atoms with van der Waals surface area (Å²) in [6.07, 6.45) is 0.924. The highest BCUT2D eigenvalue weighted by molar-refractivity contribution is 5.98. The molecule has 1 N–H and O–H groups in total. The van der Waals surface area contributed by atoms with Crippen molar-refractivity contribution in [2.45, 2.75) is 44.9 Å². The van der Waals surface area contributed by atoms with Gasteiger partial charge < -0.3 is 24.8 Å². The van der Waals surface area contributed by atoms with Crippen molar-refractivity contribution in [1.29, 1.82) is 0 Å². The molecule has 1 aromatic rings. The van der Waals surface area contributed by atoms with E-state index in [2.05, 4.69) is 5.32 Å². The number of nitrogens with one attached hydrogen (secondary N) is 1. The first kappa shape index (κ1) is 21.1. The molecule has 0 bridgehead atoms. The number of ether oxygens (including phenoxy) is 1. The van der Waals surface area contributed by atoms with Gasteiger partial charge in [-0.15, -0.1) is 0 Å². The average Bonchev–Trinajstić information content (AvgIpc) is 2.92. The summed E-state index contributed by atoms with van der Waals surface area (Å²) in [5, 5.41) is 2.94. The molecule has 0 aromatic heterocycles. The van der Waals surface area contributed by atoms with Crippen LogP contribution in [0.15, 0.2) is 24.3 Å². The zero-order chi connectivity index (χ0) is 22.2. The molecule has 31 heavy (non-hydrogen) atoms. The number of fused-ring (bicyclic) bond motifs is 1. The summed E-state index contributed by atoms with van der Waals surface area (Å²) in [4.78, 5) is 55.0. The summed E-state index contributed by atoms with van der Waals surface area (Å²) in [5.41, 5.74) is -0.472. The molecular weight excluding hydrogens is 400 g/mol. The van der Waals surface area contributed by atoms with E-state index in [9.17, 15) is 19.2 Å². The number of piperazine rings is 1. The van der Waals surface area contributed by atoms with Gasteiger partial charge in [0.1, 0.15) is 11.8 Å². The highest BCUT2D eigenvalue weighted by Crippen LogP contribution is 2.34. The lowest BCUT2D eigenvalue weighted by Crippen LogP contribution is -2.57. The number of para-hydroxylation sites is 1. The van der Waals surface area contributed by atoms with Crippen molar-refractivity contribution < 1.29 is 23.9 Å². The van der Waals surface area contributed by atoms with Gasteiger partial charge in [-0.2, -0.15) is 0 Å². The molecule has 2 fully saturated rings. The van der Waals surface area contributed by atoms with Gasteiger partial charge in [0.15, 0.2) is 5.72 Å². The van der Waals surface area contributed by atoms with Crippen molar-refractivity contribution in [3.63, 3.8) is 0 Å². The number of benzene rings is 1. The molecule has 9 heteroatoms. The standard InChI is InChI=1S/C22H28N4O5/c1-15(21(30)25-13-11-24(12-14-25)16(2)27)26-10-9-22(8-7-19(26)28)23-20(29)17-5-3-4-6-18(17)31-22/h3-6,15H,7-14H2,1-2H3,(H,23,29). The predicted octanol–water partition coefficient (Wildman–Crippen LogP) is 0.597. The largest absolute Gasteiger partial charge is 0.467 e. The zero-order valence-corrected chi connectivity index (χ0v) is 17.9. The highest BCUT2D eigenvalue weighted by Gasteiger charge is 2.44. The summed E-state index contributed by atoms with van der Waals surface area (Å²) < 4.78 is 6.15. The third-order valence-electron chi connectivity index (χ3n) is 6.46. The van der Waals surface area contributed by atoms with Crippen LogP contribution in [0.5, 0.6) is 5.75 Å². The lowest BCUT2D eigenvalue weighted by molar-refractivity contribution is -0.147.